The molecule has 29 heavy (non-hydrogen) atoms. The number of halogens is 3. The Hall–Kier alpha value is -3.36. The van der Waals surface area contributed by atoms with Crippen molar-refractivity contribution < 1.29 is 22.7 Å². The summed E-state index contributed by atoms with van der Waals surface area (Å²) < 4.78 is 43.0. The summed E-state index contributed by atoms with van der Waals surface area (Å²) >= 11 is 0. The summed E-state index contributed by atoms with van der Waals surface area (Å²) in [6, 6.07) is 12.4. The zero-order valence-electron chi connectivity index (χ0n) is 15.4. The maximum atomic E-state index is 13.1. The van der Waals surface area contributed by atoms with E-state index in [-0.39, 0.29) is 17.7 Å². The van der Waals surface area contributed by atoms with Crippen LogP contribution in [0.3, 0.4) is 0 Å². The summed E-state index contributed by atoms with van der Waals surface area (Å²) in [5.74, 6) is -0.649. The Bertz CT molecular complexity index is 1090. The van der Waals surface area contributed by atoms with Crippen LogP contribution >= 0.6 is 0 Å². The summed E-state index contributed by atoms with van der Waals surface area (Å²) in [5.41, 5.74) is 5.81. The van der Waals surface area contributed by atoms with Crippen molar-refractivity contribution in [3.05, 3.63) is 64.7 Å². The van der Waals surface area contributed by atoms with E-state index in [4.69, 9.17) is 10.5 Å². The first-order valence-electron chi connectivity index (χ1n) is 8.75. The van der Waals surface area contributed by atoms with Crippen LogP contribution in [0.2, 0.25) is 0 Å². The molecule has 9 heteroatoms. The number of carbonyl (C=O) groups is 1. The average molecular weight is 405 g/mol. The Kier molecular flexibility index (Phi) is 5.58. The molecule has 1 unspecified atom stereocenters. The first kappa shape index (κ1) is 20.4. The van der Waals surface area contributed by atoms with Crippen LogP contribution in [0.5, 0.6) is 5.75 Å². The number of alkyl halides is 3. The third-order valence-electron chi connectivity index (χ3n) is 4.25. The van der Waals surface area contributed by atoms with Gasteiger partial charge in [-0.05, 0) is 36.4 Å². The van der Waals surface area contributed by atoms with Crippen molar-refractivity contribution in [3.63, 3.8) is 0 Å². The fourth-order valence-corrected chi connectivity index (χ4v) is 2.98. The molecule has 0 radical (unpaired) electrons. The number of rotatable bonds is 6. The zero-order chi connectivity index (χ0) is 21.2. The van der Waals surface area contributed by atoms with E-state index < -0.39 is 24.6 Å². The summed E-state index contributed by atoms with van der Waals surface area (Å²) in [6.07, 6.45) is -4.47. The number of nitrogens with zero attached hydrogens (tertiary/aromatic N) is 2. The van der Waals surface area contributed by atoms with Crippen LogP contribution in [0, 0.1) is 0 Å². The molecule has 0 bridgehead atoms. The van der Waals surface area contributed by atoms with Gasteiger partial charge in [-0.2, -0.15) is 13.2 Å². The molecule has 1 heterocycles. The normalized spacial score (nSPS) is 12.7. The number of para-hydroxylation sites is 1. The zero-order valence-corrected chi connectivity index (χ0v) is 15.4. The molecule has 0 aliphatic heterocycles. The maximum absolute atomic E-state index is 13.1. The van der Waals surface area contributed by atoms with Gasteiger partial charge in [0, 0.05) is 12.3 Å². The molecular weight excluding hydrogens is 387 g/mol. The number of amides is 1. The number of ether oxygens (including phenoxy) is 1. The van der Waals surface area contributed by atoms with Gasteiger partial charge in [-0.1, -0.05) is 19.1 Å². The van der Waals surface area contributed by atoms with Gasteiger partial charge in [-0.15, -0.1) is 0 Å². The van der Waals surface area contributed by atoms with E-state index in [9.17, 15) is 22.8 Å². The molecule has 0 spiro atoms. The largest absolute Gasteiger partial charge is 0.484 e. The molecule has 1 atom stereocenters. The third-order valence-corrected chi connectivity index (χ3v) is 4.25. The van der Waals surface area contributed by atoms with Crippen molar-refractivity contribution in [3.8, 4) is 11.4 Å². The Labute approximate surface area is 163 Å². The molecule has 3 rings (SSSR count). The second kappa shape index (κ2) is 7.94. The summed E-state index contributed by atoms with van der Waals surface area (Å²) in [5, 5.41) is 0.375. The number of primary amides is 1. The van der Waals surface area contributed by atoms with Crippen molar-refractivity contribution in [1.29, 1.82) is 0 Å². The molecule has 2 aromatic carbocycles. The predicted octanol–water partition coefficient (Wildman–Crippen LogP) is 3.31. The molecule has 0 aliphatic carbocycles. The van der Waals surface area contributed by atoms with E-state index in [0.29, 0.717) is 22.4 Å². The lowest BCUT2D eigenvalue weighted by molar-refractivity contribution is -0.153. The second-order valence-electron chi connectivity index (χ2n) is 6.60. The Balaban J connectivity index is 2.08. The predicted molar refractivity (Wildman–Crippen MR) is 101 cm³/mol. The Morgan fingerprint density at radius 3 is 2.45 bits per heavy atom. The minimum Gasteiger partial charge on any atom is -0.484 e. The van der Waals surface area contributed by atoms with E-state index in [1.807, 2.05) is 0 Å². The highest BCUT2D eigenvalue weighted by molar-refractivity contribution is 5.78. The molecule has 1 amide bonds. The van der Waals surface area contributed by atoms with E-state index in [2.05, 4.69) is 4.98 Å². The molecule has 0 aliphatic rings. The number of hydrogen-bond donors (Lipinski definition) is 1. The highest BCUT2D eigenvalue weighted by Crippen LogP contribution is 2.24. The molecule has 0 fully saturated rings. The lowest BCUT2D eigenvalue weighted by Gasteiger charge is -2.18. The van der Waals surface area contributed by atoms with Crippen LogP contribution in [-0.4, -0.2) is 28.2 Å². The lowest BCUT2D eigenvalue weighted by atomic mass is 10.1. The van der Waals surface area contributed by atoms with Crippen molar-refractivity contribution in [2.45, 2.75) is 25.4 Å². The quantitative estimate of drug-likeness (QED) is 0.682. The van der Waals surface area contributed by atoms with E-state index >= 15 is 0 Å². The molecule has 0 saturated heterocycles. The highest BCUT2D eigenvalue weighted by atomic mass is 19.4. The fourth-order valence-electron chi connectivity index (χ4n) is 2.98. The van der Waals surface area contributed by atoms with E-state index in [0.717, 1.165) is 0 Å². The minimum atomic E-state index is -4.45. The van der Waals surface area contributed by atoms with Crippen LogP contribution in [0.25, 0.3) is 16.6 Å². The number of benzene rings is 2. The smallest absolute Gasteiger partial charge is 0.422 e. The Morgan fingerprint density at radius 1 is 1.17 bits per heavy atom. The van der Waals surface area contributed by atoms with Crippen molar-refractivity contribution >= 4 is 16.8 Å². The van der Waals surface area contributed by atoms with E-state index in [1.54, 1.807) is 31.2 Å². The van der Waals surface area contributed by atoms with E-state index in [1.165, 1.54) is 28.8 Å². The summed E-state index contributed by atoms with van der Waals surface area (Å²) in [4.78, 5) is 29.0. The van der Waals surface area contributed by atoms with Gasteiger partial charge in [0.05, 0.1) is 16.6 Å². The van der Waals surface area contributed by atoms with Crippen LogP contribution in [-0.2, 0) is 4.79 Å². The van der Waals surface area contributed by atoms with Gasteiger partial charge < -0.3 is 10.5 Å². The number of carbonyl (C=O) groups excluding carboxylic acids is 1. The van der Waals surface area contributed by atoms with Crippen molar-refractivity contribution in [1.82, 2.24) is 9.55 Å². The number of aromatic nitrogens is 2. The van der Waals surface area contributed by atoms with Crippen LogP contribution in [0.1, 0.15) is 25.1 Å². The molecule has 0 saturated carbocycles. The number of hydrogen-bond acceptors (Lipinski definition) is 4. The molecular formula is C20H18F3N3O3. The number of fused-ring (bicyclic) bond motifs is 1. The molecule has 1 aromatic heterocycles. The van der Waals surface area contributed by atoms with Gasteiger partial charge >= 0.3 is 6.18 Å². The van der Waals surface area contributed by atoms with Gasteiger partial charge in [-0.3, -0.25) is 14.2 Å². The number of nitrogens with two attached hydrogens (primary N) is 1. The van der Waals surface area contributed by atoms with Gasteiger partial charge in [0.1, 0.15) is 11.6 Å². The standard InChI is InChI=1S/C20H18F3N3O3/c1-12(10-17(24)27)18-25-16-5-3-2-4-15(16)19(28)26(18)13-6-8-14(9-7-13)29-11-20(21,22)23/h2-9,12H,10-11H2,1H3,(H2,24,27). The topological polar surface area (TPSA) is 87.2 Å². The lowest BCUT2D eigenvalue weighted by Crippen LogP contribution is -2.26. The monoisotopic (exact) mass is 405 g/mol. The molecule has 2 N–H and O–H groups in total. The molecule has 3 aromatic rings. The molecule has 152 valence electrons. The SMILES string of the molecule is CC(CC(N)=O)c1nc2ccccc2c(=O)n1-c1ccc(OCC(F)(F)F)cc1. The van der Waals surface area contributed by atoms with Gasteiger partial charge in [0.25, 0.3) is 5.56 Å². The first-order valence-corrected chi connectivity index (χ1v) is 8.75. The minimum absolute atomic E-state index is 0.0135. The summed E-state index contributed by atoms with van der Waals surface area (Å²) in [6.45, 7) is 0.309. The third kappa shape index (κ3) is 4.74. The van der Waals surface area contributed by atoms with Gasteiger partial charge in [0.2, 0.25) is 5.91 Å². The highest BCUT2D eigenvalue weighted by Gasteiger charge is 2.28. The Morgan fingerprint density at radius 2 is 1.83 bits per heavy atom. The maximum Gasteiger partial charge on any atom is 0.422 e. The van der Waals surface area contributed by atoms with Crippen LogP contribution < -0.4 is 16.0 Å². The second-order valence-corrected chi connectivity index (χ2v) is 6.60. The first-order chi connectivity index (χ1) is 13.7. The van der Waals surface area contributed by atoms with Crippen molar-refractivity contribution in [2.24, 2.45) is 5.73 Å². The van der Waals surface area contributed by atoms with Gasteiger partial charge in [0.15, 0.2) is 6.61 Å². The van der Waals surface area contributed by atoms with Gasteiger partial charge in [-0.25, -0.2) is 4.98 Å². The summed E-state index contributed by atoms with van der Waals surface area (Å²) in [7, 11) is 0. The van der Waals surface area contributed by atoms with Crippen molar-refractivity contribution in [2.75, 3.05) is 6.61 Å². The fraction of sp³-hybridized carbons (Fsp3) is 0.250. The molecule has 6 nitrogen and oxygen atoms in total. The van der Waals surface area contributed by atoms with Crippen LogP contribution in [0.15, 0.2) is 53.3 Å². The van der Waals surface area contributed by atoms with Crippen LogP contribution in [0.4, 0.5) is 13.2 Å². The average Bonchev–Trinajstić information content (AvgIpc) is 2.66.